The molecule has 7 heteroatoms. The summed E-state index contributed by atoms with van der Waals surface area (Å²) in [4.78, 5) is 0. The highest BCUT2D eigenvalue weighted by Gasteiger charge is 2.16. The third kappa shape index (κ3) is 4.08. The van der Waals surface area contributed by atoms with Crippen molar-refractivity contribution in [3.05, 3.63) is 60.3 Å². The largest absolute Gasteiger partial charge is 0.492 e. The lowest BCUT2D eigenvalue weighted by molar-refractivity contribution is 0.323. The fourth-order valence-electron chi connectivity index (χ4n) is 2.16. The highest BCUT2D eigenvalue weighted by molar-refractivity contribution is 7.88. The Balaban J connectivity index is 1.55. The van der Waals surface area contributed by atoms with Gasteiger partial charge in [-0.1, -0.05) is 35.5 Å². The Hall–Kier alpha value is -2.38. The number of ether oxygens (including phenoxy) is 1. The van der Waals surface area contributed by atoms with E-state index in [2.05, 4.69) is 9.88 Å². The van der Waals surface area contributed by atoms with Crippen LogP contribution in [0.5, 0.6) is 5.75 Å². The van der Waals surface area contributed by atoms with Gasteiger partial charge in [0.2, 0.25) is 10.0 Å². The lowest BCUT2D eigenvalue weighted by Crippen LogP contribution is -2.29. The number of nitrogens with one attached hydrogen (secondary N) is 1. The van der Waals surface area contributed by atoms with Crippen molar-refractivity contribution in [3.63, 3.8) is 0 Å². The summed E-state index contributed by atoms with van der Waals surface area (Å²) in [6.45, 7) is 0.440. The van der Waals surface area contributed by atoms with Crippen LogP contribution in [0.15, 0.2) is 59.1 Å². The summed E-state index contributed by atoms with van der Waals surface area (Å²) in [5, 5.41) is 4.54. The number of benzene rings is 2. The van der Waals surface area contributed by atoms with Crippen molar-refractivity contribution in [2.45, 2.75) is 5.75 Å². The van der Waals surface area contributed by atoms with E-state index < -0.39 is 10.0 Å². The Morgan fingerprint density at radius 2 is 1.78 bits per heavy atom. The van der Waals surface area contributed by atoms with E-state index >= 15 is 0 Å². The van der Waals surface area contributed by atoms with E-state index in [1.165, 1.54) is 0 Å². The van der Waals surface area contributed by atoms with E-state index in [1.807, 2.05) is 42.5 Å². The number of rotatable bonds is 7. The molecule has 1 N–H and O–H groups in total. The van der Waals surface area contributed by atoms with Gasteiger partial charge in [0.25, 0.3) is 0 Å². The minimum atomic E-state index is -3.50. The first-order valence-corrected chi connectivity index (χ1v) is 8.78. The summed E-state index contributed by atoms with van der Waals surface area (Å²) in [5.41, 5.74) is 0.974. The number of hydrogen-bond donors (Lipinski definition) is 1. The van der Waals surface area contributed by atoms with Crippen LogP contribution in [0.1, 0.15) is 5.69 Å². The topological polar surface area (TPSA) is 81.4 Å². The van der Waals surface area contributed by atoms with Gasteiger partial charge in [0, 0.05) is 11.9 Å². The highest BCUT2D eigenvalue weighted by atomic mass is 32.2. The van der Waals surface area contributed by atoms with Crippen LogP contribution < -0.4 is 9.46 Å². The Morgan fingerprint density at radius 3 is 2.61 bits per heavy atom. The van der Waals surface area contributed by atoms with Crippen LogP contribution in [-0.4, -0.2) is 26.7 Å². The van der Waals surface area contributed by atoms with Crippen molar-refractivity contribution in [2.75, 3.05) is 13.2 Å². The second kappa shape index (κ2) is 6.80. The second-order valence-corrected chi connectivity index (χ2v) is 6.75. The van der Waals surface area contributed by atoms with E-state index in [0.29, 0.717) is 22.4 Å². The summed E-state index contributed by atoms with van der Waals surface area (Å²) in [5.74, 6) is 0.476. The standard InChI is InChI=1S/C16H16N2O4S/c19-23(20,17-10-11-21-13-6-2-1-3-7-13)12-15-14-8-4-5-9-16(14)22-18-15/h1-9,17H,10-12H2. The zero-order chi connectivity index (χ0) is 16.1. The summed E-state index contributed by atoms with van der Waals surface area (Å²) < 4.78 is 37.3. The van der Waals surface area contributed by atoms with E-state index in [0.717, 1.165) is 0 Å². The maximum Gasteiger partial charge on any atom is 0.217 e. The summed E-state index contributed by atoms with van der Waals surface area (Å²) in [7, 11) is -3.50. The zero-order valence-electron chi connectivity index (χ0n) is 12.3. The highest BCUT2D eigenvalue weighted by Crippen LogP contribution is 2.19. The van der Waals surface area contributed by atoms with Crippen molar-refractivity contribution in [2.24, 2.45) is 0 Å². The summed E-state index contributed by atoms with van der Waals surface area (Å²) in [6.07, 6.45) is 0. The van der Waals surface area contributed by atoms with Gasteiger partial charge in [-0.25, -0.2) is 13.1 Å². The quantitative estimate of drug-likeness (QED) is 0.672. The molecule has 6 nitrogen and oxygen atoms in total. The second-order valence-electron chi connectivity index (χ2n) is 4.94. The Labute approximate surface area is 134 Å². The molecule has 0 saturated carbocycles. The zero-order valence-corrected chi connectivity index (χ0v) is 13.1. The van der Waals surface area contributed by atoms with Crippen LogP contribution in [0.4, 0.5) is 0 Å². The molecule has 0 fully saturated rings. The molecule has 0 radical (unpaired) electrons. The average molecular weight is 332 g/mol. The van der Waals surface area contributed by atoms with E-state index in [4.69, 9.17) is 9.26 Å². The van der Waals surface area contributed by atoms with Crippen LogP contribution in [0.2, 0.25) is 0 Å². The SMILES string of the molecule is O=S(=O)(Cc1noc2ccccc12)NCCOc1ccccc1. The molecule has 1 heterocycles. The monoisotopic (exact) mass is 332 g/mol. The first-order chi connectivity index (χ1) is 11.1. The first kappa shape index (κ1) is 15.5. The van der Waals surface area contributed by atoms with Gasteiger partial charge in [0.15, 0.2) is 5.58 Å². The fourth-order valence-corrected chi connectivity index (χ4v) is 3.22. The molecular formula is C16H16N2O4S. The maximum absolute atomic E-state index is 12.1. The Kier molecular flexibility index (Phi) is 4.59. The molecule has 0 saturated heterocycles. The van der Waals surface area contributed by atoms with Gasteiger partial charge in [-0.05, 0) is 24.3 Å². The number of nitrogens with zero attached hydrogens (tertiary/aromatic N) is 1. The molecule has 23 heavy (non-hydrogen) atoms. The molecule has 2 aromatic carbocycles. The van der Waals surface area contributed by atoms with Gasteiger partial charge in [0.05, 0.1) is 0 Å². The molecule has 0 spiro atoms. The van der Waals surface area contributed by atoms with Crippen molar-refractivity contribution >= 4 is 21.0 Å². The average Bonchev–Trinajstić information content (AvgIpc) is 2.95. The van der Waals surface area contributed by atoms with Crippen LogP contribution in [-0.2, 0) is 15.8 Å². The number of para-hydroxylation sites is 2. The molecule has 0 aliphatic heterocycles. The Bertz CT molecular complexity index is 875. The van der Waals surface area contributed by atoms with Crippen molar-refractivity contribution in [1.82, 2.24) is 9.88 Å². The number of aromatic nitrogens is 1. The molecule has 0 aliphatic carbocycles. The van der Waals surface area contributed by atoms with Crippen molar-refractivity contribution < 1.29 is 17.7 Å². The van der Waals surface area contributed by atoms with Gasteiger partial charge < -0.3 is 9.26 Å². The molecule has 1 aromatic heterocycles. The number of hydrogen-bond acceptors (Lipinski definition) is 5. The molecule has 0 amide bonds. The fraction of sp³-hybridized carbons (Fsp3) is 0.188. The molecular weight excluding hydrogens is 316 g/mol. The van der Waals surface area contributed by atoms with Crippen LogP contribution in [0.25, 0.3) is 11.0 Å². The predicted molar refractivity (Wildman–Crippen MR) is 86.6 cm³/mol. The third-order valence-electron chi connectivity index (χ3n) is 3.21. The van der Waals surface area contributed by atoms with Crippen LogP contribution >= 0.6 is 0 Å². The normalized spacial score (nSPS) is 11.7. The predicted octanol–water partition coefficient (Wildman–Crippen LogP) is 2.33. The third-order valence-corrected chi connectivity index (χ3v) is 4.51. The summed E-state index contributed by atoms with van der Waals surface area (Å²) in [6, 6.07) is 16.4. The van der Waals surface area contributed by atoms with Gasteiger partial charge in [0.1, 0.15) is 23.8 Å². The lowest BCUT2D eigenvalue weighted by Gasteiger charge is -2.07. The Morgan fingerprint density at radius 1 is 1.04 bits per heavy atom. The molecule has 0 atom stereocenters. The minimum absolute atomic E-state index is 0.188. The maximum atomic E-state index is 12.1. The van der Waals surface area contributed by atoms with Gasteiger partial charge >= 0.3 is 0 Å². The molecule has 0 aliphatic rings. The summed E-state index contributed by atoms with van der Waals surface area (Å²) >= 11 is 0. The van der Waals surface area contributed by atoms with Crippen molar-refractivity contribution in [3.8, 4) is 5.75 Å². The molecule has 0 unspecified atom stereocenters. The molecule has 0 bridgehead atoms. The molecule has 120 valence electrons. The van der Waals surface area contributed by atoms with Gasteiger partial charge in [-0.2, -0.15) is 0 Å². The van der Waals surface area contributed by atoms with Crippen molar-refractivity contribution in [1.29, 1.82) is 0 Å². The van der Waals surface area contributed by atoms with Gasteiger partial charge in [-0.15, -0.1) is 0 Å². The number of sulfonamides is 1. The molecule has 3 rings (SSSR count). The van der Waals surface area contributed by atoms with E-state index in [9.17, 15) is 8.42 Å². The van der Waals surface area contributed by atoms with E-state index in [-0.39, 0.29) is 18.9 Å². The number of fused-ring (bicyclic) bond motifs is 1. The van der Waals surface area contributed by atoms with Crippen LogP contribution in [0.3, 0.4) is 0 Å². The minimum Gasteiger partial charge on any atom is -0.492 e. The van der Waals surface area contributed by atoms with Crippen LogP contribution in [0, 0.1) is 0 Å². The first-order valence-electron chi connectivity index (χ1n) is 7.12. The smallest absolute Gasteiger partial charge is 0.217 e. The van der Waals surface area contributed by atoms with E-state index in [1.54, 1.807) is 12.1 Å². The lowest BCUT2D eigenvalue weighted by atomic mass is 10.2. The van der Waals surface area contributed by atoms with Gasteiger partial charge in [-0.3, -0.25) is 0 Å². The molecule has 3 aromatic rings.